The normalized spacial score (nSPS) is 11.8. The van der Waals surface area contributed by atoms with Crippen molar-refractivity contribution in [2.75, 3.05) is 0 Å². The van der Waals surface area contributed by atoms with Crippen LogP contribution in [0.4, 0.5) is 5.69 Å². The zero-order valence-corrected chi connectivity index (χ0v) is 12.1. The summed E-state index contributed by atoms with van der Waals surface area (Å²) in [6.45, 7) is 1.77. The summed E-state index contributed by atoms with van der Waals surface area (Å²) in [6.07, 6.45) is 0. The Bertz CT molecular complexity index is 896. The molecule has 4 heteroatoms. The van der Waals surface area contributed by atoms with Crippen molar-refractivity contribution in [3.8, 4) is 0 Å². The van der Waals surface area contributed by atoms with Gasteiger partial charge in [-0.2, -0.15) is 0 Å². The molecule has 0 saturated heterocycles. The molecule has 3 aromatic rings. The highest BCUT2D eigenvalue weighted by Crippen LogP contribution is 2.24. The lowest BCUT2D eigenvalue weighted by Gasteiger charge is -2.03. The molecular weight excluding hydrogens is 286 g/mol. The molecule has 0 saturated carbocycles. The van der Waals surface area contributed by atoms with Crippen molar-refractivity contribution in [3.63, 3.8) is 0 Å². The molecular formula is C17H12ClNO2. The standard InChI is InChI=1S/C17H12ClNO2/c1-11(19-15-8-4-3-7-14(15)18)13-10-12-6-2-5-9-16(12)21-17(13)20/h2-10H,1H3. The lowest BCUT2D eigenvalue weighted by atomic mass is 10.1. The first-order valence-electron chi connectivity index (χ1n) is 6.48. The molecule has 0 spiro atoms. The van der Waals surface area contributed by atoms with E-state index in [2.05, 4.69) is 4.99 Å². The van der Waals surface area contributed by atoms with Gasteiger partial charge < -0.3 is 4.42 Å². The van der Waals surface area contributed by atoms with Gasteiger partial charge in [0.15, 0.2) is 0 Å². The highest BCUT2D eigenvalue weighted by molar-refractivity contribution is 6.33. The number of benzene rings is 2. The number of halogens is 1. The topological polar surface area (TPSA) is 42.6 Å². The maximum atomic E-state index is 12.1. The fourth-order valence-electron chi connectivity index (χ4n) is 2.10. The minimum atomic E-state index is -0.401. The van der Waals surface area contributed by atoms with Gasteiger partial charge in [0.05, 0.1) is 22.0 Å². The first-order chi connectivity index (χ1) is 10.1. The van der Waals surface area contributed by atoms with Gasteiger partial charge in [-0.1, -0.05) is 41.9 Å². The molecule has 0 aliphatic carbocycles. The van der Waals surface area contributed by atoms with Gasteiger partial charge in [0.1, 0.15) is 5.58 Å². The van der Waals surface area contributed by atoms with E-state index in [0.29, 0.717) is 27.6 Å². The summed E-state index contributed by atoms with van der Waals surface area (Å²) in [7, 11) is 0. The Hall–Kier alpha value is -2.39. The second-order valence-corrected chi connectivity index (χ2v) is 5.04. The number of hydrogen-bond donors (Lipinski definition) is 0. The van der Waals surface area contributed by atoms with Crippen molar-refractivity contribution < 1.29 is 4.42 Å². The van der Waals surface area contributed by atoms with E-state index in [9.17, 15) is 4.79 Å². The van der Waals surface area contributed by atoms with Crippen LogP contribution >= 0.6 is 11.6 Å². The molecule has 3 nitrogen and oxygen atoms in total. The Balaban J connectivity index is 2.13. The van der Waals surface area contributed by atoms with Crippen molar-refractivity contribution in [1.29, 1.82) is 0 Å². The Morgan fingerprint density at radius 2 is 1.81 bits per heavy atom. The predicted molar refractivity (Wildman–Crippen MR) is 85.8 cm³/mol. The van der Waals surface area contributed by atoms with Gasteiger partial charge in [0.25, 0.3) is 0 Å². The van der Waals surface area contributed by atoms with Crippen molar-refractivity contribution in [3.05, 3.63) is 75.6 Å². The smallest absolute Gasteiger partial charge is 0.345 e. The van der Waals surface area contributed by atoms with Crippen LogP contribution in [-0.2, 0) is 0 Å². The molecule has 0 atom stereocenters. The van der Waals surface area contributed by atoms with Crippen molar-refractivity contribution in [1.82, 2.24) is 0 Å². The molecule has 3 rings (SSSR count). The largest absolute Gasteiger partial charge is 0.422 e. The summed E-state index contributed by atoms with van der Waals surface area (Å²) in [5, 5.41) is 1.41. The van der Waals surface area contributed by atoms with Crippen molar-refractivity contribution >= 4 is 34.0 Å². The lowest BCUT2D eigenvalue weighted by molar-refractivity contribution is 0.559. The van der Waals surface area contributed by atoms with Crippen LogP contribution in [0.3, 0.4) is 0 Å². The molecule has 0 N–H and O–H groups in total. The zero-order valence-electron chi connectivity index (χ0n) is 11.3. The maximum absolute atomic E-state index is 12.1. The molecule has 104 valence electrons. The number of nitrogens with zero attached hydrogens (tertiary/aromatic N) is 1. The van der Waals surface area contributed by atoms with E-state index in [-0.39, 0.29) is 0 Å². The second kappa shape index (κ2) is 5.54. The Labute approximate surface area is 126 Å². The molecule has 21 heavy (non-hydrogen) atoms. The number of para-hydroxylation sites is 2. The molecule has 0 amide bonds. The fraction of sp³-hybridized carbons (Fsp3) is 0.0588. The molecule has 0 aliphatic heterocycles. The highest BCUT2D eigenvalue weighted by atomic mass is 35.5. The summed E-state index contributed by atoms with van der Waals surface area (Å²) in [5.74, 6) is 0. The Morgan fingerprint density at radius 1 is 1.10 bits per heavy atom. The number of aliphatic imine (C=N–C) groups is 1. The molecule has 0 fully saturated rings. The lowest BCUT2D eigenvalue weighted by Crippen LogP contribution is -2.11. The van der Waals surface area contributed by atoms with Crippen LogP contribution < -0.4 is 5.63 Å². The number of fused-ring (bicyclic) bond motifs is 1. The van der Waals surface area contributed by atoms with E-state index in [1.165, 1.54) is 0 Å². The quantitative estimate of drug-likeness (QED) is 0.513. The van der Waals surface area contributed by atoms with Crippen LogP contribution in [0.2, 0.25) is 5.02 Å². The SMILES string of the molecule is CC(=Nc1ccccc1Cl)c1cc2ccccc2oc1=O. The van der Waals surface area contributed by atoms with E-state index < -0.39 is 5.63 Å². The Kier molecular flexibility index (Phi) is 3.59. The van der Waals surface area contributed by atoms with Crippen molar-refractivity contribution in [2.24, 2.45) is 4.99 Å². The number of rotatable bonds is 2. The fourth-order valence-corrected chi connectivity index (χ4v) is 2.28. The van der Waals surface area contributed by atoms with E-state index in [1.807, 2.05) is 30.3 Å². The van der Waals surface area contributed by atoms with E-state index in [4.69, 9.17) is 16.0 Å². The van der Waals surface area contributed by atoms with E-state index >= 15 is 0 Å². The molecule has 0 aliphatic rings. The summed E-state index contributed by atoms with van der Waals surface area (Å²) >= 11 is 6.08. The third kappa shape index (κ3) is 2.73. The van der Waals surface area contributed by atoms with Crippen LogP contribution in [0.1, 0.15) is 12.5 Å². The minimum Gasteiger partial charge on any atom is -0.422 e. The second-order valence-electron chi connectivity index (χ2n) is 4.63. The Morgan fingerprint density at radius 3 is 2.62 bits per heavy atom. The van der Waals surface area contributed by atoms with Crippen LogP contribution in [0.5, 0.6) is 0 Å². The number of hydrogen-bond acceptors (Lipinski definition) is 3. The van der Waals surface area contributed by atoms with E-state index in [0.717, 1.165) is 5.39 Å². The molecule has 0 bridgehead atoms. The summed E-state index contributed by atoms with van der Waals surface area (Å²) in [6, 6.07) is 16.4. The predicted octanol–water partition coefficient (Wildman–Crippen LogP) is 4.59. The summed E-state index contributed by atoms with van der Waals surface area (Å²) in [4.78, 5) is 16.5. The third-order valence-electron chi connectivity index (χ3n) is 3.17. The van der Waals surface area contributed by atoms with E-state index in [1.54, 1.807) is 31.2 Å². The average molecular weight is 298 g/mol. The monoisotopic (exact) mass is 297 g/mol. The van der Waals surface area contributed by atoms with Gasteiger partial charge in [-0.15, -0.1) is 0 Å². The van der Waals surface area contributed by atoms with Crippen LogP contribution in [0, 0.1) is 0 Å². The summed E-state index contributed by atoms with van der Waals surface area (Å²) in [5.41, 5.74) is 1.80. The van der Waals surface area contributed by atoms with Crippen molar-refractivity contribution in [2.45, 2.75) is 6.92 Å². The van der Waals surface area contributed by atoms with Crippen LogP contribution in [0.25, 0.3) is 11.0 Å². The van der Waals surface area contributed by atoms with Gasteiger partial charge in [-0.25, -0.2) is 4.79 Å². The van der Waals surface area contributed by atoms with Gasteiger partial charge in [-0.05, 0) is 31.2 Å². The highest BCUT2D eigenvalue weighted by Gasteiger charge is 2.08. The van der Waals surface area contributed by atoms with Gasteiger partial charge in [-0.3, -0.25) is 4.99 Å². The van der Waals surface area contributed by atoms with Gasteiger partial charge in [0.2, 0.25) is 0 Å². The molecule has 0 unspecified atom stereocenters. The minimum absolute atomic E-state index is 0.401. The summed E-state index contributed by atoms with van der Waals surface area (Å²) < 4.78 is 5.31. The molecule has 1 aromatic heterocycles. The first kappa shape index (κ1) is 13.6. The van der Waals surface area contributed by atoms with Crippen LogP contribution in [0.15, 0.2) is 68.8 Å². The average Bonchev–Trinajstić information content (AvgIpc) is 2.49. The molecule has 0 radical (unpaired) electrons. The maximum Gasteiger partial charge on any atom is 0.345 e. The molecule has 2 aromatic carbocycles. The van der Waals surface area contributed by atoms with Gasteiger partial charge >= 0.3 is 5.63 Å². The van der Waals surface area contributed by atoms with Gasteiger partial charge in [0, 0.05) is 5.39 Å². The van der Waals surface area contributed by atoms with Crippen LogP contribution in [-0.4, -0.2) is 5.71 Å². The molecule has 1 heterocycles. The zero-order chi connectivity index (χ0) is 14.8. The third-order valence-corrected chi connectivity index (χ3v) is 3.49. The first-order valence-corrected chi connectivity index (χ1v) is 6.86.